The van der Waals surface area contributed by atoms with E-state index in [1.165, 1.54) is 27.7 Å². The first-order chi connectivity index (χ1) is 14.5. The Morgan fingerprint density at radius 3 is 2.47 bits per heavy atom. The predicted molar refractivity (Wildman–Crippen MR) is 120 cm³/mol. The first kappa shape index (κ1) is 20.3. The number of H-pyrrole nitrogens is 1. The summed E-state index contributed by atoms with van der Waals surface area (Å²) in [5, 5.41) is 1.32. The van der Waals surface area contributed by atoms with Crippen LogP contribution >= 0.6 is 0 Å². The summed E-state index contributed by atoms with van der Waals surface area (Å²) in [6.45, 7) is 5.94. The van der Waals surface area contributed by atoms with Crippen molar-refractivity contribution in [2.75, 3.05) is 27.3 Å². The van der Waals surface area contributed by atoms with Crippen LogP contribution in [0.1, 0.15) is 41.1 Å². The summed E-state index contributed by atoms with van der Waals surface area (Å²) in [6.07, 6.45) is 2.37. The van der Waals surface area contributed by atoms with Crippen molar-refractivity contribution >= 4 is 16.8 Å². The van der Waals surface area contributed by atoms with E-state index in [-0.39, 0.29) is 5.91 Å². The maximum absolute atomic E-state index is 12.9. The second kappa shape index (κ2) is 8.42. The molecule has 1 aromatic heterocycles. The Morgan fingerprint density at radius 1 is 1.03 bits per heavy atom. The molecule has 1 N–H and O–H groups in total. The van der Waals surface area contributed by atoms with Gasteiger partial charge >= 0.3 is 0 Å². The monoisotopic (exact) mass is 406 g/mol. The summed E-state index contributed by atoms with van der Waals surface area (Å²) in [6, 6.07) is 12.3. The number of rotatable bonds is 5. The number of benzene rings is 2. The van der Waals surface area contributed by atoms with Crippen molar-refractivity contribution in [2.45, 2.75) is 39.0 Å². The molecule has 2 heterocycles. The largest absolute Gasteiger partial charge is 0.493 e. The van der Waals surface area contributed by atoms with Gasteiger partial charge in [0.15, 0.2) is 11.5 Å². The zero-order valence-corrected chi connectivity index (χ0v) is 18.2. The number of aryl methyl sites for hydroxylation is 2. The van der Waals surface area contributed by atoms with Gasteiger partial charge in [0.05, 0.1) is 20.6 Å². The van der Waals surface area contributed by atoms with Gasteiger partial charge in [0.1, 0.15) is 0 Å². The molecule has 0 unspecified atom stereocenters. The molecule has 0 aliphatic carbocycles. The van der Waals surface area contributed by atoms with Gasteiger partial charge in [-0.05, 0) is 62.1 Å². The number of hydrogen-bond acceptors (Lipinski definition) is 3. The van der Waals surface area contributed by atoms with E-state index >= 15 is 0 Å². The molecule has 2 aromatic carbocycles. The summed E-state index contributed by atoms with van der Waals surface area (Å²) in [5.41, 5.74) is 6.12. The molecule has 1 aliphatic rings. The number of hydrogen-bond donors (Lipinski definition) is 1. The Hall–Kier alpha value is -2.95. The highest BCUT2D eigenvalue weighted by Gasteiger charge is 2.26. The molecule has 5 heteroatoms. The van der Waals surface area contributed by atoms with E-state index < -0.39 is 0 Å². The van der Waals surface area contributed by atoms with Crippen molar-refractivity contribution < 1.29 is 14.3 Å². The minimum Gasteiger partial charge on any atom is -0.493 e. The first-order valence-corrected chi connectivity index (χ1v) is 10.6. The number of nitrogens with one attached hydrogen (secondary N) is 1. The Labute approximate surface area is 178 Å². The number of aromatic amines is 1. The maximum Gasteiger partial charge on any atom is 0.226 e. The van der Waals surface area contributed by atoms with Crippen molar-refractivity contribution in [3.63, 3.8) is 0 Å². The van der Waals surface area contributed by atoms with Gasteiger partial charge in [-0.15, -0.1) is 0 Å². The highest BCUT2D eigenvalue weighted by atomic mass is 16.5. The number of aromatic nitrogens is 1. The van der Waals surface area contributed by atoms with E-state index in [2.05, 4.69) is 37.0 Å². The van der Waals surface area contributed by atoms with Crippen molar-refractivity contribution in [3.05, 3.63) is 58.8 Å². The Bertz CT molecular complexity index is 1060. The van der Waals surface area contributed by atoms with Gasteiger partial charge in [0.2, 0.25) is 5.91 Å². The zero-order valence-electron chi connectivity index (χ0n) is 18.2. The highest BCUT2D eigenvalue weighted by Crippen LogP contribution is 2.34. The standard InChI is InChI=1S/C25H30N2O3/c1-16-5-7-21-20(13-16)17(2)25(26-21)19-9-11-27(12-10-19)24(28)15-18-6-8-22(29-3)23(14-18)30-4/h5-8,13-14,19,26H,9-12,15H2,1-4H3. The minimum absolute atomic E-state index is 0.171. The normalized spacial score (nSPS) is 14.9. The number of carbonyl (C=O) groups excluding carboxylic acids is 1. The average molecular weight is 407 g/mol. The van der Waals surface area contributed by atoms with Gasteiger partial charge in [-0.2, -0.15) is 0 Å². The number of carbonyl (C=O) groups is 1. The molecule has 1 amide bonds. The van der Waals surface area contributed by atoms with Crippen LogP contribution in [0.15, 0.2) is 36.4 Å². The van der Waals surface area contributed by atoms with Gasteiger partial charge in [-0.25, -0.2) is 0 Å². The van der Waals surface area contributed by atoms with Gasteiger partial charge in [-0.3, -0.25) is 4.79 Å². The van der Waals surface area contributed by atoms with Crippen LogP contribution in [0.3, 0.4) is 0 Å². The van der Waals surface area contributed by atoms with E-state index in [0.717, 1.165) is 31.5 Å². The molecule has 3 aromatic rings. The zero-order chi connectivity index (χ0) is 21.3. The van der Waals surface area contributed by atoms with Crippen molar-refractivity contribution in [2.24, 2.45) is 0 Å². The molecular weight excluding hydrogens is 376 g/mol. The third kappa shape index (κ3) is 3.89. The Morgan fingerprint density at radius 2 is 1.77 bits per heavy atom. The van der Waals surface area contributed by atoms with Crippen LogP contribution in [-0.2, 0) is 11.2 Å². The molecule has 1 saturated heterocycles. The molecular formula is C25H30N2O3. The predicted octanol–water partition coefficient (Wildman–Crippen LogP) is 4.75. The minimum atomic E-state index is 0.171. The van der Waals surface area contributed by atoms with Crippen LogP contribution in [-0.4, -0.2) is 43.1 Å². The summed E-state index contributed by atoms with van der Waals surface area (Å²) < 4.78 is 10.6. The molecule has 5 nitrogen and oxygen atoms in total. The van der Waals surface area contributed by atoms with E-state index in [9.17, 15) is 4.79 Å². The van der Waals surface area contributed by atoms with Gasteiger partial charge in [-0.1, -0.05) is 17.7 Å². The van der Waals surface area contributed by atoms with Gasteiger partial charge in [0.25, 0.3) is 0 Å². The van der Waals surface area contributed by atoms with Crippen LogP contribution < -0.4 is 9.47 Å². The van der Waals surface area contributed by atoms with Crippen LogP contribution in [0.25, 0.3) is 10.9 Å². The van der Waals surface area contributed by atoms with Crippen molar-refractivity contribution in [3.8, 4) is 11.5 Å². The maximum atomic E-state index is 12.9. The number of likely N-dealkylation sites (tertiary alicyclic amines) is 1. The smallest absolute Gasteiger partial charge is 0.226 e. The summed E-state index contributed by atoms with van der Waals surface area (Å²) in [7, 11) is 3.23. The number of nitrogens with zero attached hydrogens (tertiary/aromatic N) is 1. The summed E-state index contributed by atoms with van der Waals surface area (Å²) >= 11 is 0. The molecule has 0 atom stereocenters. The van der Waals surface area contributed by atoms with Crippen LogP contribution in [0, 0.1) is 13.8 Å². The lowest BCUT2D eigenvalue weighted by molar-refractivity contribution is -0.131. The number of piperidine rings is 1. The molecule has 1 aliphatic heterocycles. The average Bonchev–Trinajstić information content (AvgIpc) is 3.09. The van der Waals surface area contributed by atoms with Crippen molar-refractivity contribution in [1.29, 1.82) is 0 Å². The number of fused-ring (bicyclic) bond motifs is 1. The Balaban J connectivity index is 1.41. The van der Waals surface area contributed by atoms with Crippen LogP contribution in [0.4, 0.5) is 0 Å². The van der Waals surface area contributed by atoms with Gasteiger partial charge in [0, 0.05) is 35.6 Å². The topological polar surface area (TPSA) is 54.6 Å². The number of amides is 1. The molecule has 4 rings (SSSR count). The van der Waals surface area contributed by atoms with Gasteiger partial charge < -0.3 is 19.4 Å². The van der Waals surface area contributed by atoms with E-state index in [4.69, 9.17) is 9.47 Å². The fourth-order valence-corrected chi connectivity index (χ4v) is 4.56. The molecule has 0 bridgehead atoms. The number of ether oxygens (including phenoxy) is 2. The lowest BCUT2D eigenvalue weighted by Crippen LogP contribution is -2.38. The summed E-state index contributed by atoms with van der Waals surface area (Å²) in [4.78, 5) is 18.5. The van der Waals surface area contributed by atoms with Crippen LogP contribution in [0.5, 0.6) is 11.5 Å². The van der Waals surface area contributed by atoms with E-state index in [1.807, 2.05) is 23.1 Å². The molecule has 0 radical (unpaired) electrons. The van der Waals surface area contributed by atoms with Crippen molar-refractivity contribution in [1.82, 2.24) is 9.88 Å². The SMILES string of the molecule is COc1ccc(CC(=O)N2CCC(c3[nH]c4ccc(C)cc4c3C)CC2)cc1OC. The third-order valence-corrected chi connectivity index (χ3v) is 6.31. The highest BCUT2D eigenvalue weighted by molar-refractivity contribution is 5.85. The molecule has 0 spiro atoms. The van der Waals surface area contributed by atoms with Crippen LogP contribution in [0.2, 0.25) is 0 Å². The summed E-state index contributed by atoms with van der Waals surface area (Å²) in [5.74, 6) is 1.98. The quantitative estimate of drug-likeness (QED) is 0.665. The molecule has 0 saturated carbocycles. The molecule has 158 valence electrons. The first-order valence-electron chi connectivity index (χ1n) is 10.6. The second-order valence-electron chi connectivity index (χ2n) is 8.23. The number of methoxy groups -OCH3 is 2. The fourth-order valence-electron chi connectivity index (χ4n) is 4.56. The lowest BCUT2D eigenvalue weighted by atomic mass is 9.91. The second-order valence-corrected chi connectivity index (χ2v) is 8.23. The van der Waals surface area contributed by atoms with E-state index in [0.29, 0.717) is 23.8 Å². The third-order valence-electron chi connectivity index (χ3n) is 6.31. The van der Waals surface area contributed by atoms with E-state index in [1.54, 1.807) is 14.2 Å². The lowest BCUT2D eigenvalue weighted by Gasteiger charge is -2.32. The Kier molecular flexibility index (Phi) is 5.71. The molecule has 30 heavy (non-hydrogen) atoms. The molecule has 1 fully saturated rings. The fraction of sp³-hybridized carbons (Fsp3) is 0.400.